The van der Waals surface area contributed by atoms with Crippen molar-refractivity contribution in [2.45, 2.75) is 39.7 Å². The topological polar surface area (TPSA) is 85.5 Å². The molecular formula is C22H29FN6O2S. The predicted molar refractivity (Wildman–Crippen MR) is 125 cm³/mol. The maximum atomic E-state index is 14.3. The number of aromatic nitrogens is 4. The number of fused-ring (bicyclic) bond motifs is 1. The van der Waals surface area contributed by atoms with Gasteiger partial charge >= 0.3 is 0 Å². The van der Waals surface area contributed by atoms with Gasteiger partial charge in [0, 0.05) is 24.6 Å². The second-order valence-corrected chi connectivity index (χ2v) is 10.7. The Morgan fingerprint density at radius 3 is 2.88 bits per heavy atom. The Balaban J connectivity index is 1.90. The molecule has 8 nitrogen and oxygen atoms in total. The number of unbranched alkanes of at least 4 members (excludes halogenated alkanes) is 1. The Labute approximate surface area is 188 Å². The van der Waals surface area contributed by atoms with Gasteiger partial charge in [0.15, 0.2) is 11.6 Å². The lowest BCUT2D eigenvalue weighted by atomic mass is 10.2. The van der Waals surface area contributed by atoms with E-state index in [1.165, 1.54) is 6.07 Å². The third-order valence-electron chi connectivity index (χ3n) is 5.52. The Hall–Kier alpha value is -2.59. The zero-order chi connectivity index (χ0) is 22.9. The zero-order valence-electron chi connectivity index (χ0n) is 18.9. The summed E-state index contributed by atoms with van der Waals surface area (Å²) in [5.41, 5.74) is 0.836. The van der Waals surface area contributed by atoms with Crippen LogP contribution in [0.25, 0.3) is 17.0 Å². The van der Waals surface area contributed by atoms with Gasteiger partial charge in [-0.15, -0.1) is 0 Å². The van der Waals surface area contributed by atoms with Gasteiger partial charge in [-0.2, -0.15) is 14.3 Å². The first-order valence-electron chi connectivity index (χ1n) is 10.9. The summed E-state index contributed by atoms with van der Waals surface area (Å²) in [6.07, 6.45) is 3.43. The van der Waals surface area contributed by atoms with E-state index in [2.05, 4.69) is 33.1 Å². The molecule has 0 aliphatic carbocycles. The van der Waals surface area contributed by atoms with Gasteiger partial charge in [0.25, 0.3) is 0 Å². The van der Waals surface area contributed by atoms with E-state index >= 15 is 0 Å². The maximum Gasteiger partial charge on any atom is 0.239 e. The highest BCUT2D eigenvalue weighted by Gasteiger charge is 2.23. The van der Waals surface area contributed by atoms with E-state index in [0.717, 1.165) is 12.8 Å². The molecule has 2 atom stereocenters. The summed E-state index contributed by atoms with van der Waals surface area (Å²) in [6.45, 7) is 7.76. The molecule has 0 amide bonds. The van der Waals surface area contributed by atoms with Crippen molar-refractivity contribution in [1.82, 2.24) is 19.5 Å². The van der Waals surface area contributed by atoms with Crippen LogP contribution >= 0.6 is 0 Å². The molecule has 1 aliphatic rings. The molecule has 1 fully saturated rings. The molecule has 0 spiro atoms. The first-order valence-corrected chi connectivity index (χ1v) is 13.0. The number of nitrogens with zero attached hydrogens (tertiary/aromatic N) is 6. The van der Waals surface area contributed by atoms with Crippen molar-refractivity contribution in [3.8, 4) is 5.95 Å². The summed E-state index contributed by atoms with van der Waals surface area (Å²) in [6, 6.07) is 6.69. The number of morpholine rings is 1. The minimum Gasteiger partial charge on any atom is -0.377 e. The predicted octanol–water partition coefficient (Wildman–Crippen LogP) is 4.02. The quantitative estimate of drug-likeness (QED) is 0.552. The molecular weight excluding hydrogens is 431 g/mol. The van der Waals surface area contributed by atoms with Gasteiger partial charge in [0.2, 0.25) is 5.95 Å². The van der Waals surface area contributed by atoms with Crippen molar-refractivity contribution in [2.24, 2.45) is 4.36 Å². The maximum absolute atomic E-state index is 14.3. The van der Waals surface area contributed by atoms with E-state index in [4.69, 9.17) is 9.72 Å². The molecule has 1 aliphatic heterocycles. The van der Waals surface area contributed by atoms with Crippen molar-refractivity contribution < 1.29 is 13.3 Å². The molecule has 4 rings (SSSR count). The van der Waals surface area contributed by atoms with Crippen LogP contribution in [0.5, 0.6) is 0 Å². The van der Waals surface area contributed by atoms with Crippen LogP contribution in [0, 0.1) is 12.7 Å². The summed E-state index contributed by atoms with van der Waals surface area (Å²) in [5.74, 6) is 2.02. The smallest absolute Gasteiger partial charge is 0.239 e. The van der Waals surface area contributed by atoms with Gasteiger partial charge in [0.05, 0.1) is 34.5 Å². The summed E-state index contributed by atoms with van der Waals surface area (Å²) >= 11 is 0. The highest BCUT2D eigenvalue weighted by molar-refractivity contribution is 7.93. The molecule has 1 aromatic carbocycles. The number of hydrogen-bond donors (Lipinski definition) is 0. The van der Waals surface area contributed by atoms with Crippen LogP contribution < -0.4 is 4.90 Å². The van der Waals surface area contributed by atoms with Crippen LogP contribution in [0.1, 0.15) is 32.5 Å². The molecule has 2 aromatic heterocycles. The molecule has 0 radical (unpaired) electrons. The number of rotatable bonds is 6. The van der Waals surface area contributed by atoms with E-state index in [9.17, 15) is 8.60 Å². The third-order valence-corrected chi connectivity index (χ3v) is 7.14. The van der Waals surface area contributed by atoms with Crippen LogP contribution in [-0.4, -0.2) is 61.5 Å². The molecule has 1 unspecified atom stereocenters. The van der Waals surface area contributed by atoms with Crippen molar-refractivity contribution in [3.63, 3.8) is 0 Å². The van der Waals surface area contributed by atoms with Gasteiger partial charge in [-0.05, 0) is 32.4 Å². The lowest BCUT2D eigenvalue weighted by Gasteiger charge is -2.34. The Morgan fingerprint density at radius 2 is 2.12 bits per heavy atom. The number of benzene rings is 1. The van der Waals surface area contributed by atoms with E-state index in [1.807, 2.05) is 0 Å². The molecule has 32 heavy (non-hydrogen) atoms. The third kappa shape index (κ3) is 4.61. The normalized spacial score (nSPS) is 18.7. The summed E-state index contributed by atoms with van der Waals surface area (Å²) < 4.78 is 39.2. The molecule has 0 bridgehead atoms. The number of imidazole rings is 1. The number of halogens is 1. The van der Waals surface area contributed by atoms with Crippen LogP contribution in [0.15, 0.2) is 28.6 Å². The molecule has 0 saturated carbocycles. The lowest BCUT2D eigenvalue weighted by molar-refractivity contribution is 0.0985. The fourth-order valence-corrected chi connectivity index (χ4v) is 5.27. The molecule has 0 N–H and O–H groups in total. The van der Waals surface area contributed by atoms with Crippen molar-refractivity contribution in [1.29, 1.82) is 0 Å². The van der Waals surface area contributed by atoms with E-state index < -0.39 is 15.5 Å². The number of hydrogen-bond acceptors (Lipinski definition) is 7. The largest absolute Gasteiger partial charge is 0.377 e. The Bertz CT molecular complexity index is 1250. The van der Waals surface area contributed by atoms with Gasteiger partial charge in [-0.3, -0.25) is 4.57 Å². The van der Waals surface area contributed by atoms with Crippen molar-refractivity contribution >= 4 is 32.4 Å². The second-order valence-electron chi connectivity index (χ2n) is 8.21. The number of aryl methyl sites for hydroxylation is 1. The van der Waals surface area contributed by atoms with E-state index in [0.29, 0.717) is 54.4 Å². The minimum absolute atomic E-state index is 0.114. The highest BCUT2D eigenvalue weighted by Crippen LogP contribution is 2.27. The Kier molecular flexibility index (Phi) is 6.43. The van der Waals surface area contributed by atoms with Crippen LogP contribution in [0.4, 0.5) is 16.0 Å². The van der Waals surface area contributed by atoms with Crippen LogP contribution in [0.3, 0.4) is 0 Å². The minimum atomic E-state index is -2.45. The van der Waals surface area contributed by atoms with Crippen LogP contribution in [-0.2, 0) is 14.5 Å². The highest BCUT2D eigenvalue weighted by atomic mass is 32.2. The van der Waals surface area contributed by atoms with Gasteiger partial charge in [-0.25, -0.2) is 13.6 Å². The lowest BCUT2D eigenvalue weighted by Crippen LogP contribution is -2.44. The van der Waals surface area contributed by atoms with E-state index in [-0.39, 0.29) is 11.6 Å². The molecule has 172 valence electrons. The standard InChI is InChI=1S/C22H29FN6O2S/c1-5-6-12-32(4,30)27-19-13-20(28-10-11-31-14-15(28)2)26-22(25-19)29-16(3)24-21-17(23)8-7-9-18(21)29/h7-9,13,15H,5-6,10-12,14H2,1-4H3/t15-,32?/m1/s1. The number of anilines is 1. The van der Waals surface area contributed by atoms with Gasteiger partial charge in [-0.1, -0.05) is 19.4 Å². The average Bonchev–Trinajstić information content (AvgIpc) is 3.09. The fraction of sp³-hybridized carbons (Fsp3) is 0.500. The summed E-state index contributed by atoms with van der Waals surface area (Å²) in [5, 5.41) is 0. The SMILES string of the molecule is CCCCS(C)(=O)=Nc1cc(N2CCOC[C@H]2C)nc(-n2c(C)nc3c(F)cccc32)n1. The van der Waals surface area contributed by atoms with Gasteiger partial charge in [0.1, 0.15) is 17.2 Å². The number of para-hydroxylation sites is 1. The first kappa shape index (κ1) is 22.6. The van der Waals surface area contributed by atoms with Crippen LogP contribution in [0.2, 0.25) is 0 Å². The molecule has 3 heterocycles. The molecule has 1 saturated heterocycles. The molecule has 3 aromatic rings. The first-order chi connectivity index (χ1) is 15.3. The summed E-state index contributed by atoms with van der Waals surface area (Å²) in [4.78, 5) is 15.9. The van der Waals surface area contributed by atoms with Crippen molar-refractivity contribution in [2.75, 3.05) is 36.7 Å². The average molecular weight is 461 g/mol. The Morgan fingerprint density at radius 1 is 1.31 bits per heavy atom. The zero-order valence-corrected chi connectivity index (χ0v) is 19.7. The van der Waals surface area contributed by atoms with Crippen molar-refractivity contribution in [3.05, 3.63) is 35.9 Å². The van der Waals surface area contributed by atoms with E-state index in [1.54, 1.807) is 35.9 Å². The molecule has 10 heteroatoms. The second kappa shape index (κ2) is 9.11. The monoisotopic (exact) mass is 460 g/mol. The summed E-state index contributed by atoms with van der Waals surface area (Å²) in [7, 11) is -2.45. The number of ether oxygens (including phenoxy) is 1. The van der Waals surface area contributed by atoms with Gasteiger partial charge < -0.3 is 9.64 Å². The fourth-order valence-electron chi connectivity index (χ4n) is 3.86.